The zero-order valence-corrected chi connectivity index (χ0v) is 10.3. The minimum atomic E-state index is -0.715. The molecule has 0 aliphatic carbocycles. The van der Waals surface area contributed by atoms with Gasteiger partial charge in [0.05, 0.1) is 0 Å². The average molecular weight is 264 g/mol. The Morgan fingerprint density at radius 2 is 1.42 bits per heavy atom. The highest BCUT2D eigenvalue weighted by molar-refractivity contribution is 5.98. The van der Waals surface area contributed by atoms with Crippen molar-refractivity contribution in [2.45, 2.75) is 6.54 Å². The molecule has 0 aliphatic rings. The highest BCUT2D eigenvalue weighted by Crippen LogP contribution is 2.07. The van der Waals surface area contributed by atoms with Crippen molar-refractivity contribution in [2.24, 2.45) is 17.2 Å². The van der Waals surface area contributed by atoms with Crippen molar-refractivity contribution in [3.63, 3.8) is 0 Å². The highest BCUT2D eigenvalue weighted by Gasteiger charge is 2.19. The van der Waals surface area contributed by atoms with E-state index >= 15 is 0 Å². The molecule has 0 saturated carbocycles. The normalized spacial score (nSPS) is 9.95. The van der Waals surface area contributed by atoms with Crippen LogP contribution in [0.15, 0.2) is 24.3 Å². The molecule has 6 N–H and O–H groups in total. The van der Waals surface area contributed by atoms with E-state index in [-0.39, 0.29) is 13.1 Å². The minimum absolute atomic E-state index is 0.333. The molecule has 7 heteroatoms. The largest absolute Gasteiger partial charge is 0.368 e. The zero-order valence-electron chi connectivity index (χ0n) is 10.3. The fourth-order valence-corrected chi connectivity index (χ4v) is 1.54. The molecule has 7 nitrogen and oxygen atoms in total. The third-order valence-electron chi connectivity index (χ3n) is 2.42. The molecule has 3 amide bonds. The number of carbonyl (C=O) groups is 3. The van der Waals surface area contributed by atoms with E-state index in [0.29, 0.717) is 12.1 Å². The van der Waals surface area contributed by atoms with Gasteiger partial charge in [0.1, 0.15) is 13.1 Å². The van der Waals surface area contributed by atoms with Gasteiger partial charge in [-0.15, -0.1) is 0 Å². The lowest BCUT2D eigenvalue weighted by molar-refractivity contribution is -0.121. The van der Waals surface area contributed by atoms with Crippen LogP contribution in [0.4, 0.5) is 0 Å². The van der Waals surface area contributed by atoms with Gasteiger partial charge in [-0.1, -0.05) is 12.1 Å². The molecule has 0 aliphatic heterocycles. The topological polar surface area (TPSA) is 133 Å². The fourth-order valence-electron chi connectivity index (χ4n) is 1.54. The third-order valence-corrected chi connectivity index (χ3v) is 2.42. The maximum Gasteiger partial charge on any atom is 0.254 e. The van der Waals surface area contributed by atoms with E-state index in [1.54, 1.807) is 24.3 Å². The summed E-state index contributed by atoms with van der Waals surface area (Å²) in [5, 5.41) is 0. The summed E-state index contributed by atoms with van der Waals surface area (Å²) in [5.41, 5.74) is 16.7. The Morgan fingerprint density at radius 1 is 0.947 bits per heavy atom. The predicted octanol–water partition coefficient (Wildman–Crippen LogP) is -1.44. The Hall–Kier alpha value is -2.41. The first kappa shape index (κ1) is 14.7. The summed E-state index contributed by atoms with van der Waals surface area (Å²) in [6.07, 6.45) is 0. The third kappa shape index (κ3) is 4.40. The number of nitrogens with two attached hydrogens (primary N) is 3. The van der Waals surface area contributed by atoms with Crippen molar-refractivity contribution in [3.05, 3.63) is 35.4 Å². The molecule has 0 heterocycles. The van der Waals surface area contributed by atoms with Gasteiger partial charge < -0.3 is 22.1 Å². The van der Waals surface area contributed by atoms with Gasteiger partial charge in [-0.25, -0.2) is 0 Å². The Kier molecular flexibility index (Phi) is 5.01. The number of primary amides is 2. The number of amides is 3. The number of hydrogen-bond donors (Lipinski definition) is 3. The number of benzene rings is 1. The first-order chi connectivity index (χ1) is 8.93. The second-order valence-corrected chi connectivity index (χ2v) is 3.99. The van der Waals surface area contributed by atoms with Crippen molar-refractivity contribution < 1.29 is 14.4 Å². The molecule has 0 spiro atoms. The van der Waals surface area contributed by atoms with E-state index in [1.165, 1.54) is 0 Å². The number of carbonyl (C=O) groups excluding carboxylic acids is 3. The standard InChI is InChI=1S/C12H16N4O3/c13-5-8-1-3-9(4-2-8)12(19)16(6-10(14)17)7-11(15)18/h1-4H,5-7,13H2,(H2,14,17)(H2,15,18). The van der Waals surface area contributed by atoms with Gasteiger partial charge in [0.15, 0.2) is 0 Å². The van der Waals surface area contributed by atoms with Crippen LogP contribution in [-0.4, -0.2) is 35.7 Å². The summed E-state index contributed by atoms with van der Waals surface area (Å²) in [5.74, 6) is -1.91. The molecule has 102 valence electrons. The summed E-state index contributed by atoms with van der Waals surface area (Å²) < 4.78 is 0. The Labute approximate surface area is 110 Å². The van der Waals surface area contributed by atoms with Crippen LogP contribution >= 0.6 is 0 Å². The fraction of sp³-hybridized carbons (Fsp3) is 0.250. The van der Waals surface area contributed by atoms with Crippen LogP contribution in [0, 0.1) is 0 Å². The molecule has 19 heavy (non-hydrogen) atoms. The van der Waals surface area contributed by atoms with Gasteiger partial charge in [0, 0.05) is 12.1 Å². The van der Waals surface area contributed by atoms with E-state index in [4.69, 9.17) is 17.2 Å². The summed E-state index contributed by atoms with van der Waals surface area (Å²) >= 11 is 0. The second-order valence-electron chi connectivity index (χ2n) is 3.99. The first-order valence-electron chi connectivity index (χ1n) is 5.59. The van der Waals surface area contributed by atoms with Crippen LogP contribution in [0.2, 0.25) is 0 Å². The summed E-state index contributed by atoms with van der Waals surface area (Å²) in [6, 6.07) is 6.53. The van der Waals surface area contributed by atoms with Gasteiger partial charge in [0.2, 0.25) is 11.8 Å². The van der Waals surface area contributed by atoms with Crippen LogP contribution in [0.1, 0.15) is 15.9 Å². The quantitative estimate of drug-likeness (QED) is 0.580. The lowest BCUT2D eigenvalue weighted by Gasteiger charge is -2.19. The molecule has 1 rings (SSSR count). The molecule has 0 radical (unpaired) electrons. The monoisotopic (exact) mass is 264 g/mol. The van der Waals surface area contributed by atoms with E-state index in [9.17, 15) is 14.4 Å². The highest BCUT2D eigenvalue weighted by atomic mass is 16.2. The van der Waals surface area contributed by atoms with Crippen molar-refractivity contribution in [1.29, 1.82) is 0 Å². The summed E-state index contributed by atoms with van der Waals surface area (Å²) in [7, 11) is 0. The molecule has 0 saturated heterocycles. The maximum atomic E-state index is 12.1. The second kappa shape index (κ2) is 6.50. The molecule has 0 unspecified atom stereocenters. The molecule has 0 fully saturated rings. The van der Waals surface area contributed by atoms with Gasteiger partial charge in [-0.05, 0) is 17.7 Å². The molecule has 0 aromatic heterocycles. The van der Waals surface area contributed by atoms with Crippen molar-refractivity contribution in [1.82, 2.24) is 4.90 Å². The maximum absolute atomic E-state index is 12.1. The Bertz CT molecular complexity index is 468. The molecule has 0 atom stereocenters. The number of rotatable bonds is 6. The van der Waals surface area contributed by atoms with Crippen LogP contribution in [-0.2, 0) is 16.1 Å². The van der Waals surface area contributed by atoms with Crippen molar-refractivity contribution >= 4 is 17.7 Å². The van der Waals surface area contributed by atoms with Gasteiger partial charge in [-0.3, -0.25) is 14.4 Å². The molecule has 0 bridgehead atoms. The zero-order chi connectivity index (χ0) is 14.4. The average Bonchev–Trinajstić information content (AvgIpc) is 2.36. The number of hydrogen-bond acceptors (Lipinski definition) is 4. The molecule has 1 aromatic carbocycles. The lowest BCUT2D eigenvalue weighted by Crippen LogP contribution is -2.43. The Balaban J connectivity index is 2.90. The summed E-state index contributed by atoms with van der Waals surface area (Å²) in [6.45, 7) is -0.360. The predicted molar refractivity (Wildman–Crippen MR) is 68.6 cm³/mol. The summed E-state index contributed by atoms with van der Waals surface area (Å²) in [4.78, 5) is 34.9. The molecule has 1 aromatic rings. The van der Waals surface area contributed by atoms with Crippen molar-refractivity contribution in [3.8, 4) is 0 Å². The van der Waals surface area contributed by atoms with Crippen LogP contribution in [0.5, 0.6) is 0 Å². The molecular weight excluding hydrogens is 248 g/mol. The number of nitrogens with zero attached hydrogens (tertiary/aromatic N) is 1. The van der Waals surface area contributed by atoms with Crippen molar-refractivity contribution in [2.75, 3.05) is 13.1 Å². The van der Waals surface area contributed by atoms with Crippen LogP contribution in [0.3, 0.4) is 0 Å². The van der Waals surface area contributed by atoms with Gasteiger partial charge in [-0.2, -0.15) is 0 Å². The van der Waals surface area contributed by atoms with Gasteiger partial charge in [0.25, 0.3) is 5.91 Å². The first-order valence-corrected chi connectivity index (χ1v) is 5.59. The SMILES string of the molecule is NCc1ccc(C(=O)N(CC(N)=O)CC(N)=O)cc1. The van der Waals surface area contributed by atoms with Crippen LogP contribution < -0.4 is 17.2 Å². The molecular formula is C12H16N4O3. The smallest absolute Gasteiger partial charge is 0.254 e. The van der Waals surface area contributed by atoms with E-state index < -0.39 is 17.7 Å². The van der Waals surface area contributed by atoms with Gasteiger partial charge >= 0.3 is 0 Å². The van der Waals surface area contributed by atoms with E-state index in [1.807, 2.05) is 0 Å². The van der Waals surface area contributed by atoms with Crippen LogP contribution in [0.25, 0.3) is 0 Å². The van der Waals surface area contributed by atoms with E-state index in [2.05, 4.69) is 0 Å². The van der Waals surface area contributed by atoms with E-state index in [0.717, 1.165) is 10.5 Å². The minimum Gasteiger partial charge on any atom is -0.368 e. The lowest BCUT2D eigenvalue weighted by atomic mass is 10.1. The Morgan fingerprint density at radius 3 is 1.79 bits per heavy atom.